The second-order valence-electron chi connectivity index (χ2n) is 6.28. The highest BCUT2D eigenvalue weighted by molar-refractivity contribution is 5.78. The van der Waals surface area contributed by atoms with Gasteiger partial charge in [-0.3, -0.25) is 4.99 Å². The number of hydrogen-bond acceptors (Lipinski definition) is 4. The van der Waals surface area contributed by atoms with Crippen molar-refractivity contribution in [1.29, 1.82) is 0 Å². The zero-order chi connectivity index (χ0) is 14.5. The van der Waals surface area contributed by atoms with Crippen molar-refractivity contribution in [2.75, 3.05) is 26.4 Å². The normalized spacial score (nSPS) is 30.7. The predicted octanol–water partition coefficient (Wildman–Crippen LogP) is 1.15. The molecule has 1 atom stereocenters. The van der Waals surface area contributed by atoms with E-state index < -0.39 is 5.79 Å². The highest BCUT2D eigenvalue weighted by Crippen LogP contribution is 2.33. The third kappa shape index (κ3) is 4.08. The molecule has 120 valence electrons. The molecule has 3 fully saturated rings. The van der Waals surface area contributed by atoms with Gasteiger partial charge in [0.15, 0.2) is 11.7 Å². The minimum absolute atomic E-state index is 0.00908. The van der Waals surface area contributed by atoms with E-state index in [0.29, 0.717) is 38.4 Å². The Kier molecular flexibility index (Phi) is 4.98. The molecule has 3 aliphatic rings. The molecule has 1 aliphatic carbocycles. The molecule has 2 saturated heterocycles. The van der Waals surface area contributed by atoms with Crippen LogP contribution < -0.4 is 11.1 Å². The largest absolute Gasteiger partial charge is 0.381 e. The van der Waals surface area contributed by atoms with Crippen LogP contribution in [-0.4, -0.2) is 50.3 Å². The van der Waals surface area contributed by atoms with Gasteiger partial charge < -0.3 is 25.3 Å². The first-order chi connectivity index (χ1) is 10.3. The van der Waals surface area contributed by atoms with Crippen molar-refractivity contribution in [3.05, 3.63) is 0 Å². The van der Waals surface area contributed by atoms with Crippen LogP contribution in [0.4, 0.5) is 0 Å². The summed E-state index contributed by atoms with van der Waals surface area (Å²) in [6, 6.07) is 0.491. The van der Waals surface area contributed by atoms with Gasteiger partial charge >= 0.3 is 0 Å². The van der Waals surface area contributed by atoms with Crippen LogP contribution in [-0.2, 0) is 14.2 Å². The fraction of sp³-hybridized carbons (Fsp3) is 0.933. The molecule has 1 unspecified atom stereocenters. The summed E-state index contributed by atoms with van der Waals surface area (Å²) in [7, 11) is 0. The van der Waals surface area contributed by atoms with Gasteiger partial charge in [0.05, 0.1) is 26.4 Å². The molecule has 0 aromatic heterocycles. The second kappa shape index (κ2) is 6.94. The molecule has 0 bridgehead atoms. The van der Waals surface area contributed by atoms with E-state index in [9.17, 15) is 0 Å². The zero-order valence-corrected chi connectivity index (χ0v) is 12.7. The third-order valence-electron chi connectivity index (χ3n) is 4.59. The van der Waals surface area contributed by atoms with E-state index in [1.807, 2.05) is 0 Å². The predicted molar refractivity (Wildman–Crippen MR) is 80.1 cm³/mol. The standard InChI is InChI=1S/C15H27N3O3/c16-14(18-12-4-2-1-3-5-12)17-10-13-11-20-15(21-13)6-8-19-9-7-15/h12-13H,1-11H2,(H3,16,17,18). The van der Waals surface area contributed by atoms with E-state index in [2.05, 4.69) is 10.3 Å². The molecule has 0 amide bonds. The lowest BCUT2D eigenvalue weighted by Gasteiger charge is -2.31. The molecule has 0 aromatic rings. The van der Waals surface area contributed by atoms with Crippen LogP contribution in [0.3, 0.4) is 0 Å². The average molecular weight is 297 g/mol. The van der Waals surface area contributed by atoms with Crippen LogP contribution in [0.5, 0.6) is 0 Å². The Hall–Kier alpha value is -0.850. The van der Waals surface area contributed by atoms with E-state index in [-0.39, 0.29) is 6.10 Å². The maximum absolute atomic E-state index is 6.04. The minimum atomic E-state index is -0.427. The molecule has 2 aliphatic heterocycles. The van der Waals surface area contributed by atoms with Gasteiger partial charge in [0.2, 0.25) is 0 Å². The number of aliphatic imine (C=N–C) groups is 1. The first-order valence-electron chi connectivity index (χ1n) is 8.22. The number of nitrogens with two attached hydrogens (primary N) is 1. The number of nitrogens with one attached hydrogen (secondary N) is 1. The number of rotatable bonds is 3. The van der Waals surface area contributed by atoms with E-state index in [4.69, 9.17) is 19.9 Å². The van der Waals surface area contributed by atoms with Crippen molar-refractivity contribution >= 4 is 5.96 Å². The van der Waals surface area contributed by atoms with Gasteiger partial charge in [0.1, 0.15) is 6.10 Å². The van der Waals surface area contributed by atoms with E-state index in [1.165, 1.54) is 32.1 Å². The van der Waals surface area contributed by atoms with E-state index in [0.717, 1.165) is 12.8 Å². The van der Waals surface area contributed by atoms with Gasteiger partial charge in [0, 0.05) is 18.9 Å². The monoisotopic (exact) mass is 297 g/mol. The maximum Gasteiger partial charge on any atom is 0.188 e. The summed E-state index contributed by atoms with van der Waals surface area (Å²) in [6.07, 6.45) is 7.93. The third-order valence-corrected chi connectivity index (χ3v) is 4.59. The molecule has 21 heavy (non-hydrogen) atoms. The first-order valence-corrected chi connectivity index (χ1v) is 8.22. The first kappa shape index (κ1) is 15.1. The Morgan fingerprint density at radius 3 is 2.71 bits per heavy atom. The summed E-state index contributed by atoms with van der Waals surface area (Å²) in [6.45, 7) is 2.58. The molecular formula is C15H27N3O3. The summed E-state index contributed by atoms with van der Waals surface area (Å²) in [4.78, 5) is 4.43. The van der Waals surface area contributed by atoms with Crippen molar-refractivity contribution in [2.45, 2.75) is 62.9 Å². The van der Waals surface area contributed by atoms with Gasteiger partial charge in [0.25, 0.3) is 0 Å². The Bertz CT molecular complexity index is 363. The van der Waals surface area contributed by atoms with Crippen LogP contribution in [0.25, 0.3) is 0 Å². The summed E-state index contributed by atoms with van der Waals surface area (Å²) >= 11 is 0. The van der Waals surface area contributed by atoms with E-state index in [1.54, 1.807) is 0 Å². The van der Waals surface area contributed by atoms with Crippen molar-refractivity contribution in [3.63, 3.8) is 0 Å². The van der Waals surface area contributed by atoms with Gasteiger partial charge in [-0.1, -0.05) is 19.3 Å². The Morgan fingerprint density at radius 1 is 1.19 bits per heavy atom. The Labute approximate surface area is 126 Å². The molecule has 0 aromatic carbocycles. The lowest BCUT2D eigenvalue weighted by molar-refractivity contribution is -0.210. The lowest BCUT2D eigenvalue weighted by Crippen LogP contribution is -2.41. The number of guanidine groups is 1. The molecule has 1 saturated carbocycles. The molecule has 1 spiro atoms. The van der Waals surface area contributed by atoms with Crippen LogP contribution in [0, 0.1) is 0 Å². The molecule has 6 heteroatoms. The Morgan fingerprint density at radius 2 is 1.95 bits per heavy atom. The minimum Gasteiger partial charge on any atom is -0.381 e. The molecule has 6 nitrogen and oxygen atoms in total. The van der Waals surface area contributed by atoms with Gasteiger partial charge in [-0.25, -0.2) is 0 Å². The molecular weight excluding hydrogens is 270 g/mol. The smallest absolute Gasteiger partial charge is 0.188 e. The van der Waals surface area contributed by atoms with Crippen LogP contribution in [0.1, 0.15) is 44.9 Å². The maximum atomic E-state index is 6.04. The summed E-state index contributed by atoms with van der Waals surface area (Å²) in [5.41, 5.74) is 5.98. The van der Waals surface area contributed by atoms with E-state index >= 15 is 0 Å². The van der Waals surface area contributed by atoms with Crippen molar-refractivity contribution in [2.24, 2.45) is 10.7 Å². The molecule has 3 N–H and O–H groups in total. The van der Waals surface area contributed by atoms with Crippen LogP contribution >= 0.6 is 0 Å². The van der Waals surface area contributed by atoms with Gasteiger partial charge in [-0.15, -0.1) is 0 Å². The quantitative estimate of drug-likeness (QED) is 0.603. The number of nitrogens with zero attached hydrogens (tertiary/aromatic N) is 1. The molecule has 3 rings (SSSR count). The Balaban J connectivity index is 1.43. The molecule has 0 radical (unpaired) electrons. The average Bonchev–Trinajstić information content (AvgIpc) is 2.90. The SMILES string of the molecule is NC(=NCC1COC2(CCOCC2)O1)NC1CCCCC1. The van der Waals surface area contributed by atoms with Gasteiger partial charge in [-0.05, 0) is 12.8 Å². The van der Waals surface area contributed by atoms with Crippen molar-refractivity contribution in [1.82, 2.24) is 5.32 Å². The fourth-order valence-electron chi connectivity index (χ4n) is 3.35. The topological polar surface area (TPSA) is 78.1 Å². The van der Waals surface area contributed by atoms with Crippen LogP contribution in [0.15, 0.2) is 4.99 Å². The van der Waals surface area contributed by atoms with Crippen molar-refractivity contribution < 1.29 is 14.2 Å². The van der Waals surface area contributed by atoms with Crippen molar-refractivity contribution in [3.8, 4) is 0 Å². The summed E-state index contributed by atoms with van der Waals surface area (Å²) in [5, 5.41) is 3.33. The fourth-order valence-corrected chi connectivity index (χ4v) is 3.35. The summed E-state index contributed by atoms with van der Waals surface area (Å²) in [5.74, 6) is 0.114. The number of hydrogen-bond donors (Lipinski definition) is 2. The highest BCUT2D eigenvalue weighted by atomic mass is 16.7. The lowest BCUT2D eigenvalue weighted by atomic mass is 9.96. The van der Waals surface area contributed by atoms with Crippen LogP contribution in [0.2, 0.25) is 0 Å². The van der Waals surface area contributed by atoms with Gasteiger partial charge in [-0.2, -0.15) is 0 Å². The zero-order valence-electron chi connectivity index (χ0n) is 12.7. The second-order valence-corrected chi connectivity index (χ2v) is 6.28. The number of ether oxygens (including phenoxy) is 3. The highest BCUT2D eigenvalue weighted by Gasteiger charge is 2.42. The molecule has 2 heterocycles. The summed E-state index contributed by atoms with van der Waals surface area (Å²) < 4.78 is 17.2.